The Hall–Kier alpha value is -2.71. The van der Waals surface area contributed by atoms with Crippen LogP contribution >= 0.6 is 0 Å². The van der Waals surface area contributed by atoms with Crippen LogP contribution < -0.4 is 11.1 Å². The maximum absolute atomic E-state index is 13.0. The predicted octanol–water partition coefficient (Wildman–Crippen LogP) is 2.53. The lowest BCUT2D eigenvalue weighted by Gasteiger charge is -2.20. The molecule has 1 heterocycles. The van der Waals surface area contributed by atoms with E-state index in [0.29, 0.717) is 24.3 Å². The molecule has 8 heteroatoms. The molecule has 1 aliphatic heterocycles. The molecule has 0 aromatic heterocycles. The summed E-state index contributed by atoms with van der Waals surface area (Å²) in [7, 11) is -3.65. The van der Waals surface area contributed by atoms with Crippen molar-refractivity contribution < 1.29 is 18.0 Å². The minimum Gasteiger partial charge on any atom is -0.369 e. The summed E-state index contributed by atoms with van der Waals surface area (Å²) in [5.41, 5.74) is 6.56. The fraction of sp³-hybridized carbons (Fsp3) is 0.333. The number of nitrogens with one attached hydrogen (secondary N) is 1. The SMILES string of the molecule is NC(=O)Cc1ccccc1NC(=O)c1cccc(S(=O)(=O)N2CCCCCC2)c1. The van der Waals surface area contributed by atoms with E-state index in [1.807, 2.05) is 0 Å². The van der Waals surface area contributed by atoms with Gasteiger partial charge >= 0.3 is 0 Å². The van der Waals surface area contributed by atoms with Crippen LogP contribution in [0, 0.1) is 0 Å². The van der Waals surface area contributed by atoms with E-state index in [0.717, 1.165) is 25.7 Å². The number of carbonyl (C=O) groups is 2. The average molecular weight is 416 g/mol. The lowest BCUT2D eigenvalue weighted by Crippen LogP contribution is -2.32. The molecule has 1 saturated heterocycles. The van der Waals surface area contributed by atoms with E-state index >= 15 is 0 Å². The molecule has 2 amide bonds. The summed E-state index contributed by atoms with van der Waals surface area (Å²) < 4.78 is 27.5. The van der Waals surface area contributed by atoms with Gasteiger partial charge in [-0.1, -0.05) is 37.1 Å². The second kappa shape index (κ2) is 9.19. The molecule has 2 aromatic rings. The molecule has 3 rings (SSSR count). The van der Waals surface area contributed by atoms with E-state index in [2.05, 4.69) is 5.32 Å². The molecule has 2 aromatic carbocycles. The molecule has 0 radical (unpaired) electrons. The minimum atomic E-state index is -3.65. The highest BCUT2D eigenvalue weighted by molar-refractivity contribution is 7.89. The highest BCUT2D eigenvalue weighted by Gasteiger charge is 2.25. The number of sulfonamides is 1. The first kappa shape index (κ1) is 21.0. The van der Waals surface area contributed by atoms with Crippen LogP contribution in [0.3, 0.4) is 0 Å². The molecule has 0 atom stereocenters. The third-order valence-electron chi connectivity index (χ3n) is 4.93. The van der Waals surface area contributed by atoms with Gasteiger partial charge < -0.3 is 11.1 Å². The quantitative estimate of drug-likeness (QED) is 0.755. The molecule has 0 unspecified atom stereocenters. The topological polar surface area (TPSA) is 110 Å². The molecule has 0 saturated carbocycles. The van der Waals surface area contributed by atoms with Gasteiger partial charge in [-0.25, -0.2) is 8.42 Å². The zero-order valence-electron chi connectivity index (χ0n) is 16.1. The maximum Gasteiger partial charge on any atom is 0.255 e. The Bertz CT molecular complexity index is 996. The van der Waals surface area contributed by atoms with Crippen LogP contribution in [0.4, 0.5) is 5.69 Å². The van der Waals surface area contributed by atoms with Gasteiger partial charge in [0.2, 0.25) is 15.9 Å². The third kappa shape index (κ3) is 5.21. The molecule has 3 N–H and O–H groups in total. The smallest absolute Gasteiger partial charge is 0.255 e. The zero-order chi connectivity index (χ0) is 20.9. The van der Waals surface area contributed by atoms with Gasteiger partial charge in [-0.15, -0.1) is 0 Å². The summed E-state index contributed by atoms with van der Waals surface area (Å²) in [6, 6.07) is 12.9. The molecular formula is C21H25N3O4S. The fourth-order valence-electron chi connectivity index (χ4n) is 3.41. The van der Waals surface area contributed by atoms with Gasteiger partial charge in [0.15, 0.2) is 0 Å². The van der Waals surface area contributed by atoms with Crippen molar-refractivity contribution in [3.63, 3.8) is 0 Å². The molecule has 154 valence electrons. The Balaban J connectivity index is 1.82. The van der Waals surface area contributed by atoms with Gasteiger partial charge in [0.25, 0.3) is 5.91 Å². The van der Waals surface area contributed by atoms with Crippen LogP contribution in [0.25, 0.3) is 0 Å². The summed E-state index contributed by atoms with van der Waals surface area (Å²) in [4.78, 5) is 24.1. The van der Waals surface area contributed by atoms with E-state index in [1.54, 1.807) is 36.4 Å². The number of nitrogens with zero attached hydrogens (tertiary/aromatic N) is 1. The van der Waals surface area contributed by atoms with Gasteiger partial charge in [0.1, 0.15) is 0 Å². The standard InChI is InChI=1S/C21H25N3O4S/c22-20(25)15-16-8-3-4-11-19(16)23-21(26)17-9-7-10-18(14-17)29(27,28)24-12-5-1-2-6-13-24/h3-4,7-11,14H,1-2,5-6,12-13,15H2,(H2,22,25)(H,23,26). The minimum absolute atomic E-state index is 0.000166. The number of carbonyl (C=O) groups excluding carboxylic acids is 2. The lowest BCUT2D eigenvalue weighted by molar-refractivity contribution is -0.117. The van der Waals surface area contributed by atoms with Crippen LogP contribution in [-0.2, 0) is 21.2 Å². The van der Waals surface area contributed by atoms with E-state index in [9.17, 15) is 18.0 Å². The van der Waals surface area contributed by atoms with Crippen LogP contribution in [0.1, 0.15) is 41.6 Å². The molecule has 7 nitrogen and oxygen atoms in total. The van der Waals surface area contributed by atoms with Crippen molar-refractivity contribution in [2.24, 2.45) is 5.73 Å². The van der Waals surface area contributed by atoms with E-state index in [-0.39, 0.29) is 16.9 Å². The van der Waals surface area contributed by atoms with Crippen LogP contribution in [0.15, 0.2) is 53.4 Å². The largest absolute Gasteiger partial charge is 0.369 e. The predicted molar refractivity (Wildman–Crippen MR) is 111 cm³/mol. The number of amides is 2. The summed E-state index contributed by atoms with van der Waals surface area (Å²) in [5.74, 6) is -0.952. The van der Waals surface area contributed by atoms with Crippen molar-refractivity contribution in [3.05, 3.63) is 59.7 Å². The van der Waals surface area contributed by atoms with Crippen molar-refractivity contribution >= 4 is 27.5 Å². The van der Waals surface area contributed by atoms with Crippen molar-refractivity contribution in [2.75, 3.05) is 18.4 Å². The van der Waals surface area contributed by atoms with E-state index in [4.69, 9.17) is 5.73 Å². The van der Waals surface area contributed by atoms with Gasteiger partial charge in [0.05, 0.1) is 11.3 Å². The molecule has 1 fully saturated rings. The number of anilines is 1. The summed E-state index contributed by atoms with van der Waals surface area (Å²) in [6.07, 6.45) is 3.74. The van der Waals surface area contributed by atoms with Crippen molar-refractivity contribution in [3.8, 4) is 0 Å². The number of primary amides is 1. The molecule has 1 aliphatic rings. The van der Waals surface area contributed by atoms with Crippen LogP contribution in [0.2, 0.25) is 0 Å². The second-order valence-electron chi connectivity index (χ2n) is 7.10. The third-order valence-corrected chi connectivity index (χ3v) is 6.82. The number of hydrogen-bond acceptors (Lipinski definition) is 4. The second-order valence-corrected chi connectivity index (χ2v) is 9.04. The Kier molecular flexibility index (Phi) is 6.66. The Morgan fingerprint density at radius 3 is 2.34 bits per heavy atom. The number of rotatable bonds is 6. The first-order valence-corrected chi connectivity index (χ1v) is 11.1. The van der Waals surface area contributed by atoms with E-state index < -0.39 is 21.8 Å². The summed E-state index contributed by atoms with van der Waals surface area (Å²) >= 11 is 0. The number of para-hydroxylation sites is 1. The number of nitrogens with two attached hydrogens (primary N) is 1. The first-order valence-electron chi connectivity index (χ1n) is 9.66. The number of benzene rings is 2. The molecule has 0 bridgehead atoms. The Morgan fingerprint density at radius 2 is 1.66 bits per heavy atom. The monoisotopic (exact) mass is 415 g/mol. The van der Waals surface area contributed by atoms with Gasteiger partial charge in [-0.05, 0) is 42.7 Å². The van der Waals surface area contributed by atoms with Gasteiger partial charge in [-0.3, -0.25) is 9.59 Å². The Morgan fingerprint density at radius 1 is 0.966 bits per heavy atom. The van der Waals surface area contributed by atoms with Gasteiger partial charge in [0, 0.05) is 24.3 Å². The molecule has 0 spiro atoms. The van der Waals surface area contributed by atoms with Crippen molar-refractivity contribution in [1.29, 1.82) is 0 Å². The number of hydrogen-bond donors (Lipinski definition) is 2. The lowest BCUT2D eigenvalue weighted by atomic mass is 10.1. The molecular weight excluding hydrogens is 390 g/mol. The summed E-state index contributed by atoms with van der Waals surface area (Å²) in [6.45, 7) is 0.999. The highest BCUT2D eigenvalue weighted by atomic mass is 32.2. The summed E-state index contributed by atoms with van der Waals surface area (Å²) in [5, 5.41) is 2.75. The van der Waals surface area contributed by atoms with Crippen molar-refractivity contribution in [2.45, 2.75) is 37.0 Å². The van der Waals surface area contributed by atoms with Crippen LogP contribution in [-0.4, -0.2) is 37.6 Å². The fourth-order valence-corrected chi connectivity index (χ4v) is 4.97. The van der Waals surface area contributed by atoms with Crippen LogP contribution in [0.5, 0.6) is 0 Å². The average Bonchev–Trinajstić information content (AvgIpc) is 2.99. The van der Waals surface area contributed by atoms with E-state index in [1.165, 1.54) is 16.4 Å². The van der Waals surface area contributed by atoms with Gasteiger partial charge in [-0.2, -0.15) is 4.31 Å². The normalized spacial score (nSPS) is 15.4. The molecule has 29 heavy (non-hydrogen) atoms. The first-order chi connectivity index (χ1) is 13.9. The molecule has 0 aliphatic carbocycles. The highest BCUT2D eigenvalue weighted by Crippen LogP contribution is 2.22. The zero-order valence-corrected chi connectivity index (χ0v) is 17.0. The Labute approximate surface area is 171 Å². The van der Waals surface area contributed by atoms with Crippen molar-refractivity contribution in [1.82, 2.24) is 4.31 Å². The maximum atomic E-state index is 13.0.